The largest absolute Gasteiger partial charge is 0.352 e. The second-order valence-electron chi connectivity index (χ2n) is 10.7. The molecule has 0 saturated carbocycles. The summed E-state index contributed by atoms with van der Waals surface area (Å²) in [6.07, 6.45) is 6.24. The number of rotatable bonds is 17. The van der Waals surface area contributed by atoms with Crippen molar-refractivity contribution in [3.05, 3.63) is 101 Å². The monoisotopic (exact) mass is 679 g/mol. The number of nitrogens with one attached hydrogen (secondary N) is 4. The van der Waals surface area contributed by atoms with Crippen molar-refractivity contribution in [3.63, 3.8) is 0 Å². The minimum Gasteiger partial charge on any atom is -0.352 e. The summed E-state index contributed by atoms with van der Waals surface area (Å²) in [5.41, 5.74) is 5.55. The Hall–Kier alpha value is -4.72. The molecule has 0 atom stereocenters. The number of unbranched alkanes of at least 4 members (excludes halogenated alkanes) is 3. The van der Waals surface area contributed by atoms with Crippen LogP contribution in [-0.2, 0) is 26.3 Å². The summed E-state index contributed by atoms with van der Waals surface area (Å²) in [5.74, 6) is 0.206. The van der Waals surface area contributed by atoms with E-state index in [4.69, 9.17) is 16.4 Å². The zero-order valence-corrected chi connectivity index (χ0v) is 27.8. The molecule has 14 heteroatoms. The van der Waals surface area contributed by atoms with Gasteiger partial charge in [-0.15, -0.1) is 0 Å². The zero-order valence-electron chi connectivity index (χ0n) is 26.2. The lowest BCUT2D eigenvalue weighted by Gasteiger charge is -2.21. The van der Waals surface area contributed by atoms with Gasteiger partial charge in [-0.1, -0.05) is 66.9 Å². The molecule has 2 amide bonds. The van der Waals surface area contributed by atoms with Gasteiger partial charge < -0.3 is 16.0 Å². The molecule has 0 saturated heterocycles. The van der Waals surface area contributed by atoms with Crippen LogP contribution in [0.15, 0.2) is 85.1 Å². The van der Waals surface area contributed by atoms with Crippen LogP contribution in [0.1, 0.15) is 48.0 Å². The topological polar surface area (TPSA) is 155 Å². The van der Waals surface area contributed by atoms with Crippen molar-refractivity contribution in [3.8, 4) is 0 Å². The number of amides is 2. The Morgan fingerprint density at radius 2 is 1.60 bits per heavy atom. The van der Waals surface area contributed by atoms with Crippen LogP contribution in [0, 0.1) is 0 Å². The summed E-state index contributed by atoms with van der Waals surface area (Å²) in [4.78, 5) is 38.4. The van der Waals surface area contributed by atoms with E-state index >= 15 is 0 Å². The number of carbonyl (C=O) groups is 2. The van der Waals surface area contributed by atoms with Gasteiger partial charge in [-0.2, -0.15) is 4.98 Å². The Labute approximate surface area is 279 Å². The molecule has 12 nitrogen and oxygen atoms in total. The van der Waals surface area contributed by atoms with Gasteiger partial charge >= 0.3 is 0 Å². The lowest BCUT2D eigenvalue weighted by atomic mass is 10.1. The van der Waals surface area contributed by atoms with E-state index in [0.29, 0.717) is 42.2 Å². The Morgan fingerprint density at radius 3 is 2.34 bits per heavy atom. The van der Waals surface area contributed by atoms with Gasteiger partial charge in [-0.25, -0.2) is 18.9 Å². The highest BCUT2D eigenvalue weighted by Crippen LogP contribution is 2.31. The van der Waals surface area contributed by atoms with Crippen LogP contribution in [0.4, 0.5) is 28.8 Å². The SMILES string of the molecule is CN(c1ccccc1Nc1nc(Nc2ccc(C(=O)NCCCCCCC(=O)NOCc3ccccc3)cc2)ncc1Cl)S(C)(=O)=O. The molecular formula is C33H38ClN7O5S. The maximum atomic E-state index is 12.6. The molecule has 4 rings (SSSR count). The first kappa shape index (κ1) is 35.1. The van der Waals surface area contributed by atoms with Gasteiger partial charge in [0.25, 0.3) is 5.91 Å². The molecule has 3 aromatic carbocycles. The molecule has 0 radical (unpaired) electrons. The third kappa shape index (κ3) is 11.2. The number of hydrogen-bond donors (Lipinski definition) is 4. The van der Waals surface area contributed by atoms with E-state index in [0.717, 1.165) is 41.8 Å². The lowest BCUT2D eigenvalue weighted by Crippen LogP contribution is -2.25. The van der Waals surface area contributed by atoms with Crippen molar-refractivity contribution in [2.24, 2.45) is 0 Å². The van der Waals surface area contributed by atoms with Crippen molar-refractivity contribution in [1.29, 1.82) is 0 Å². The van der Waals surface area contributed by atoms with Crippen molar-refractivity contribution < 1.29 is 22.8 Å². The fourth-order valence-corrected chi connectivity index (χ4v) is 5.06. The first-order valence-electron chi connectivity index (χ1n) is 15.0. The number of carbonyl (C=O) groups excluding carboxylic acids is 2. The van der Waals surface area contributed by atoms with Gasteiger partial charge in [0.2, 0.25) is 21.9 Å². The van der Waals surface area contributed by atoms with E-state index in [2.05, 4.69) is 31.4 Å². The van der Waals surface area contributed by atoms with E-state index in [-0.39, 0.29) is 28.6 Å². The summed E-state index contributed by atoms with van der Waals surface area (Å²) in [5, 5.41) is 9.35. The van der Waals surface area contributed by atoms with E-state index in [9.17, 15) is 18.0 Å². The fraction of sp³-hybridized carbons (Fsp3) is 0.273. The van der Waals surface area contributed by atoms with Crippen LogP contribution in [0.3, 0.4) is 0 Å². The third-order valence-corrected chi connectivity index (χ3v) is 8.49. The number of hydrogen-bond acceptors (Lipinski definition) is 9. The average Bonchev–Trinajstić information content (AvgIpc) is 3.06. The lowest BCUT2D eigenvalue weighted by molar-refractivity contribution is -0.134. The number of hydroxylamine groups is 1. The molecule has 0 bridgehead atoms. The molecule has 248 valence electrons. The Kier molecular flexibility index (Phi) is 12.9. The molecule has 0 aliphatic carbocycles. The van der Waals surface area contributed by atoms with Gasteiger partial charge in [0.1, 0.15) is 5.02 Å². The summed E-state index contributed by atoms with van der Waals surface area (Å²) in [6.45, 7) is 0.857. The van der Waals surface area contributed by atoms with Gasteiger partial charge in [-0.3, -0.25) is 18.7 Å². The normalized spacial score (nSPS) is 11.0. The molecule has 0 unspecified atom stereocenters. The van der Waals surface area contributed by atoms with Gasteiger partial charge in [0, 0.05) is 31.3 Å². The van der Waals surface area contributed by atoms with Crippen LogP contribution >= 0.6 is 11.6 Å². The summed E-state index contributed by atoms with van der Waals surface area (Å²) < 4.78 is 25.4. The predicted molar refractivity (Wildman–Crippen MR) is 185 cm³/mol. The second-order valence-corrected chi connectivity index (χ2v) is 13.1. The number of nitrogens with zero attached hydrogens (tertiary/aromatic N) is 3. The summed E-state index contributed by atoms with van der Waals surface area (Å²) in [7, 11) is -2.03. The molecule has 4 N–H and O–H groups in total. The number of aromatic nitrogens is 2. The number of sulfonamides is 1. The van der Waals surface area contributed by atoms with Gasteiger partial charge in [-0.05, 0) is 54.8 Å². The van der Waals surface area contributed by atoms with E-state index in [1.54, 1.807) is 48.5 Å². The van der Waals surface area contributed by atoms with Crippen LogP contribution in [0.5, 0.6) is 0 Å². The molecule has 0 fully saturated rings. The molecule has 0 aliphatic rings. The highest BCUT2D eigenvalue weighted by atomic mass is 35.5. The highest BCUT2D eigenvalue weighted by molar-refractivity contribution is 7.92. The molecule has 0 aliphatic heterocycles. The molecule has 1 heterocycles. The van der Waals surface area contributed by atoms with Crippen LogP contribution in [0.25, 0.3) is 0 Å². The second kappa shape index (κ2) is 17.3. The Balaban J connectivity index is 1.18. The van der Waals surface area contributed by atoms with E-state index < -0.39 is 10.0 Å². The Bertz CT molecular complexity index is 1740. The summed E-state index contributed by atoms with van der Waals surface area (Å²) >= 11 is 6.34. The minimum absolute atomic E-state index is 0.146. The predicted octanol–water partition coefficient (Wildman–Crippen LogP) is 5.94. The maximum Gasteiger partial charge on any atom is 0.251 e. The maximum absolute atomic E-state index is 12.6. The van der Waals surface area contributed by atoms with E-state index in [1.807, 2.05) is 30.3 Å². The third-order valence-electron chi connectivity index (χ3n) is 7.03. The highest BCUT2D eigenvalue weighted by Gasteiger charge is 2.17. The van der Waals surface area contributed by atoms with E-state index in [1.165, 1.54) is 13.2 Å². The smallest absolute Gasteiger partial charge is 0.251 e. The average molecular weight is 680 g/mol. The number of halogens is 1. The molecular weight excluding hydrogens is 642 g/mol. The fourth-order valence-electron chi connectivity index (χ4n) is 4.40. The zero-order chi connectivity index (χ0) is 33.6. The summed E-state index contributed by atoms with van der Waals surface area (Å²) in [6, 6.07) is 23.4. The molecule has 1 aromatic heterocycles. The number of anilines is 5. The molecule has 4 aromatic rings. The van der Waals surface area contributed by atoms with Crippen LogP contribution in [-0.4, -0.2) is 50.0 Å². The minimum atomic E-state index is -3.49. The molecule has 0 spiro atoms. The van der Waals surface area contributed by atoms with Crippen molar-refractivity contribution in [2.75, 3.05) is 34.8 Å². The van der Waals surface area contributed by atoms with Gasteiger partial charge in [0.15, 0.2) is 5.82 Å². The first-order valence-corrected chi connectivity index (χ1v) is 17.2. The quantitative estimate of drug-likeness (QED) is 0.0784. The molecule has 47 heavy (non-hydrogen) atoms. The van der Waals surface area contributed by atoms with Crippen molar-refractivity contribution in [2.45, 2.75) is 38.7 Å². The number of para-hydroxylation sites is 2. The van der Waals surface area contributed by atoms with Crippen molar-refractivity contribution in [1.82, 2.24) is 20.8 Å². The number of benzene rings is 3. The van der Waals surface area contributed by atoms with Gasteiger partial charge in [0.05, 0.1) is 30.4 Å². The van der Waals surface area contributed by atoms with Crippen LogP contribution in [0.2, 0.25) is 5.02 Å². The first-order chi connectivity index (χ1) is 22.6. The Morgan fingerprint density at radius 1 is 0.894 bits per heavy atom. The van der Waals surface area contributed by atoms with Crippen molar-refractivity contribution >= 4 is 62.3 Å². The van der Waals surface area contributed by atoms with Crippen LogP contribution < -0.4 is 25.7 Å². The standard InChI is InChI=1S/C33H38ClN7O5S/c1-41(47(2,44)45)29-15-10-9-14-28(29)38-31-27(34)22-36-33(39-31)37-26-19-17-25(18-20-26)32(43)35-21-11-4-3-8-16-30(42)40-46-23-24-12-6-5-7-13-24/h5-7,9-10,12-15,17-20,22H,3-4,8,11,16,21,23H2,1-2H3,(H,35,43)(H,40,42)(H2,36,37,38,39).